The lowest BCUT2D eigenvalue weighted by Gasteiger charge is -2.05. The number of halogens is 1. The molecule has 108 valence electrons. The van der Waals surface area contributed by atoms with Crippen LogP contribution in [0.5, 0.6) is 0 Å². The third-order valence-corrected chi connectivity index (χ3v) is 2.38. The molecule has 0 aliphatic carbocycles. The van der Waals surface area contributed by atoms with Gasteiger partial charge in [-0.25, -0.2) is 0 Å². The van der Waals surface area contributed by atoms with Crippen LogP contribution >= 0.6 is 24.0 Å². The molecule has 0 unspecified atom stereocenters. The van der Waals surface area contributed by atoms with Crippen LogP contribution in [-0.4, -0.2) is 37.2 Å². The van der Waals surface area contributed by atoms with Crippen molar-refractivity contribution in [3.63, 3.8) is 0 Å². The number of ether oxygens (including phenoxy) is 1. The van der Waals surface area contributed by atoms with E-state index in [-0.39, 0.29) is 24.0 Å². The molecule has 1 aromatic rings. The summed E-state index contributed by atoms with van der Waals surface area (Å²) in [7, 11) is 0. The molecule has 0 aliphatic rings. The summed E-state index contributed by atoms with van der Waals surface area (Å²) in [5.41, 5.74) is 6.92. The minimum Gasteiger partial charge on any atom is -0.382 e. The van der Waals surface area contributed by atoms with Gasteiger partial charge in [0.15, 0.2) is 5.96 Å². The van der Waals surface area contributed by atoms with Crippen molar-refractivity contribution in [2.45, 2.75) is 19.8 Å². The van der Waals surface area contributed by atoms with E-state index in [1.54, 1.807) is 6.20 Å². The Labute approximate surface area is 132 Å². The highest BCUT2D eigenvalue weighted by molar-refractivity contribution is 14.0. The summed E-state index contributed by atoms with van der Waals surface area (Å²) in [6.45, 7) is 4.95. The molecular formula is C13H23IN4O. The Kier molecular flexibility index (Phi) is 11.6. The van der Waals surface area contributed by atoms with Crippen LogP contribution in [-0.2, 0) is 11.2 Å². The van der Waals surface area contributed by atoms with E-state index in [9.17, 15) is 0 Å². The van der Waals surface area contributed by atoms with Crippen LogP contribution in [0.3, 0.4) is 0 Å². The number of hydrogen-bond donors (Lipinski definition) is 2. The van der Waals surface area contributed by atoms with Gasteiger partial charge in [0.25, 0.3) is 0 Å². The Morgan fingerprint density at radius 1 is 1.53 bits per heavy atom. The molecule has 1 aromatic heterocycles. The zero-order valence-electron chi connectivity index (χ0n) is 11.3. The predicted octanol–water partition coefficient (Wildman–Crippen LogP) is 1.57. The Morgan fingerprint density at radius 2 is 2.37 bits per heavy atom. The van der Waals surface area contributed by atoms with Crippen molar-refractivity contribution in [1.82, 2.24) is 10.3 Å². The fourth-order valence-electron chi connectivity index (χ4n) is 1.45. The van der Waals surface area contributed by atoms with Gasteiger partial charge in [-0.1, -0.05) is 6.07 Å². The molecule has 0 bridgehead atoms. The molecule has 0 fully saturated rings. The van der Waals surface area contributed by atoms with Crippen LogP contribution in [0.2, 0.25) is 0 Å². The van der Waals surface area contributed by atoms with Crippen LogP contribution in [0, 0.1) is 0 Å². The maximum absolute atomic E-state index is 5.74. The number of hydrogen-bond acceptors (Lipinski definition) is 3. The van der Waals surface area contributed by atoms with E-state index in [4.69, 9.17) is 10.5 Å². The fourth-order valence-corrected chi connectivity index (χ4v) is 1.45. The second kappa shape index (κ2) is 12.2. The second-order valence-corrected chi connectivity index (χ2v) is 3.86. The van der Waals surface area contributed by atoms with Crippen LogP contribution in [0.1, 0.15) is 18.9 Å². The molecule has 0 aromatic carbocycles. The average molecular weight is 378 g/mol. The average Bonchev–Trinajstić information content (AvgIpc) is 2.40. The van der Waals surface area contributed by atoms with Gasteiger partial charge in [-0.2, -0.15) is 0 Å². The van der Waals surface area contributed by atoms with Gasteiger partial charge >= 0.3 is 0 Å². The van der Waals surface area contributed by atoms with Crippen molar-refractivity contribution < 1.29 is 4.74 Å². The van der Waals surface area contributed by atoms with Gasteiger partial charge in [-0.15, -0.1) is 24.0 Å². The van der Waals surface area contributed by atoms with Gasteiger partial charge in [0, 0.05) is 38.7 Å². The van der Waals surface area contributed by atoms with Gasteiger partial charge in [-0.05, 0) is 31.4 Å². The number of nitrogens with two attached hydrogens (primary N) is 1. The van der Waals surface area contributed by atoms with Gasteiger partial charge in [-0.3, -0.25) is 9.98 Å². The second-order valence-electron chi connectivity index (χ2n) is 3.86. The molecule has 0 atom stereocenters. The molecule has 0 radical (unpaired) electrons. The van der Waals surface area contributed by atoms with Crippen molar-refractivity contribution >= 4 is 29.9 Å². The van der Waals surface area contributed by atoms with Crippen LogP contribution < -0.4 is 11.1 Å². The Morgan fingerprint density at radius 3 is 3.05 bits per heavy atom. The predicted molar refractivity (Wildman–Crippen MR) is 89.0 cm³/mol. The highest BCUT2D eigenvalue weighted by Gasteiger charge is 1.94. The van der Waals surface area contributed by atoms with Crippen molar-refractivity contribution in [3.05, 3.63) is 30.1 Å². The monoisotopic (exact) mass is 378 g/mol. The summed E-state index contributed by atoms with van der Waals surface area (Å²) in [5.74, 6) is 0.496. The number of nitrogens with zero attached hydrogens (tertiary/aromatic N) is 2. The molecule has 3 N–H and O–H groups in total. The van der Waals surface area contributed by atoms with Crippen LogP contribution in [0.15, 0.2) is 29.5 Å². The first-order valence-corrected chi connectivity index (χ1v) is 6.33. The van der Waals surface area contributed by atoms with E-state index in [0.29, 0.717) is 12.5 Å². The lowest BCUT2D eigenvalue weighted by molar-refractivity contribution is 0.146. The first kappa shape index (κ1) is 18.1. The third kappa shape index (κ3) is 9.66. The largest absolute Gasteiger partial charge is 0.382 e. The van der Waals surface area contributed by atoms with E-state index < -0.39 is 0 Å². The lowest BCUT2D eigenvalue weighted by atomic mass is 10.2. The highest BCUT2D eigenvalue weighted by atomic mass is 127. The minimum atomic E-state index is 0. The zero-order valence-corrected chi connectivity index (χ0v) is 13.7. The number of pyridine rings is 1. The smallest absolute Gasteiger partial charge is 0.188 e. The number of aliphatic imine (C=N–C) groups is 1. The van der Waals surface area contributed by atoms with E-state index in [1.165, 1.54) is 5.56 Å². The Bertz CT molecular complexity index is 346. The maximum atomic E-state index is 5.74. The molecule has 0 saturated heterocycles. The summed E-state index contributed by atoms with van der Waals surface area (Å²) >= 11 is 0. The fraction of sp³-hybridized carbons (Fsp3) is 0.538. The number of nitrogens with one attached hydrogen (secondary N) is 1. The molecular weight excluding hydrogens is 355 g/mol. The van der Waals surface area contributed by atoms with E-state index in [2.05, 4.69) is 15.3 Å². The quantitative estimate of drug-likeness (QED) is 0.312. The molecule has 1 heterocycles. The molecule has 5 nitrogen and oxygen atoms in total. The number of aromatic nitrogens is 1. The van der Waals surface area contributed by atoms with E-state index in [1.807, 2.05) is 25.3 Å². The minimum absolute atomic E-state index is 0. The van der Waals surface area contributed by atoms with Crippen molar-refractivity contribution in [2.75, 3.05) is 26.3 Å². The molecule has 0 spiro atoms. The molecule has 0 saturated carbocycles. The normalized spacial score (nSPS) is 10.9. The van der Waals surface area contributed by atoms with Gasteiger partial charge in [0.1, 0.15) is 0 Å². The summed E-state index contributed by atoms with van der Waals surface area (Å²) in [5, 5.41) is 3.08. The van der Waals surface area contributed by atoms with Gasteiger partial charge in [0.2, 0.25) is 0 Å². The molecule has 6 heteroatoms. The Hall–Kier alpha value is -0.890. The third-order valence-electron chi connectivity index (χ3n) is 2.38. The first-order valence-electron chi connectivity index (χ1n) is 6.33. The van der Waals surface area contributed by atoms with Crippen LogP contribution in [0.4, 0.5) is 0 Å². The van der Waals surface area contributed by atoms with Crippen LogP contribution in [0.25, 0.3) is 0 Å². The summed E-state index contributed by atoms with van der Waals surface area (Å²) in [4.78, 5) is 8.27. The van der Waals surface area contributed by atoms with Gasteiger partial charge in [0.05, 0.1) is 0 Å². The molecule has 0 amide bonds. The zero-order chi connectivity index (χ0) is 13.1. The molecule has 19 heavy (non-hydrogen) atoms. The number of guanidine groups is 1. The van der Waals surface area contributed by atoms with E-state index in [0.717, 1.165) is 32.6 Å². The standard InChI is InChI=1S/C13H22N4O.HI/c1-2-18-10-4-8-16-13(14)17-9-6-12-5-3-7-15-11-12;/h3,5,7,11H,2,4,6,8-10H2,1H3,(H3,14,16,17);1H. The first-order chi connectivity index (χ1) is 8.83. The summed E-state index contributed by atoms with van der Waals surface area (Å²) in [6.07, 6.45) is 5.42. The topological polar surface area (TPSA) is 72.5 Å². The Balaban J connectivity index is 0.00000324. The van der Waals surface area contributed by atoms with E-state index >= 15 is 0 Å². The molecule has 0 aliphatic heterocycles. The number of rotatable bonds is 8. The summed E-state index contributed by atoms with van der Waals surface area (Å²) in [6, 6.07) is 3.98. The maximum Gasteiger partial charge on any atom is 0.188 e. The molecule has 1 rings (SSSR count). The van der Waals surface area contributed by atoms with Crippen molar-refractivity contribution in [3.8, 4) is 0 Å². The summed E-state index contributed by atoms with van der Waals surface area (Å²) < 4.78 is 5.22. The highest BCUT2D eigenvalue weighted by Crippen LogP contribution is 1.95. The van der Waals surface area contributed by atoms with Crippen molar-refractivity contribution in [2.24, 2.45) is 10.7 Å². The lowest BCUT2D eigenvalue weighted by Crippen LogP contribution is -2.33. The van der Waals surface area contributed by atoms with Crippen molar-refractivity contribution in [1.29, 1.82) is 0 Å². The van der Waals surface area contributed by atoms with Gasteiger partial charge < -0.3 is 15.8 Å². The SMILES string of the molecule is CCOCCCN=C(N)NCCc1cccnc1.I.